The van der Waals surface area contributed by atoms with E-state index >= 15 is 0 Å². The number of halogens is 1. The number of nitriles is 1. The van der Waals surface area contributed by atoms with Gasteiger partial charge in [-0.2, -0.15) is 5.26 Å². The number of alkyl halides is 1. The lowest BCUT2D eigenvalue weighted by atomic mass is 10.0. The second-order valence-corrected chi connectivity index (χ2v) is 8.49. The molecule has 5 rings (SSSR count). The maximum absolute atomic E-state index is 13.7. The first kappa shape index (κ1) is 21.6. The SMILES string of the molecule is CN(C)C(=O)c1ccc(-c2cc3nccc(-c4ccc(N5CCC(F)C5)c(C#N)c4)c3o2)nc1. The molecule has 3 aromatic heterocycles. The molecule has 1 aromatic carbocycles. The van der Waals surface area contributed by atoms with Gasteiger partial charge in [0.25, 0.3) is 5.91 Å². The van der Waals surface area contributed by atoms with Gasteiger partial charge in [-0.25, -0.2) is 4.39 Å². The van der Waals surface area contributed by atoms with Crippen LogP contribution in [0.2, 0.25) is 0 Å². The van der Waals surface area contributed by atoms with Crippen molar-refractivity contribution in [2.24, 2.45) is 0 Å². The van der Waals surface area contributed by atoms with E-state index in [-0.39, 0.29) is 5.91 Å². The van der Waals surface area contributed by atoms with Crippen molar-refractivity contribution in [3.63, 3.8) is 0 Å². The molecule has 4 aromatic rings. The van der Waals surface area contributed by atoms with E-state index in [2.05, 4.69) is 16.0 Å². The molecule has 8 heteroatoms. The fraction of sp³-hybridized carbons (Fsp3) is 0.231. The number of benzene rings is 1. The number of nitrogens with zero attached hydrogens (tertiary/aromatic N) is 5. The van der Waals surface area contributed by atoms with Gasteiger partial charge in [0.2, 0.25) is 0 Å². The zero-order valence-electron chi connectivity index (χ0n) is 18.8. The molecule has 0 saturated carbocycles. The van der Waals surface area contributed by atoms with E-state index in [9.17, 15) is 14.4 Å². The Labute approximate surface area is 196 Å². The molecule has 1 atom stereocenters. The van der Waals surface area contributed by atoms with Crippen LogP contribution in [0.25, 0.3) is 33.7 Å². The number of aromatic nitrogens is 2. The molecule has 1 fully saturated rings. The summed E-state index contributed by atoms with van der Waals surface area (Å²) in [5.74, 6) is 0.405. The molecule has 7 nitrogen and oxygen atoms in total. The number of carbonyl (C=O) groups is 1. The standard InChI is InChI=1S/C26H22FN5O2/c1-31(2)26(33)17-3-5-21(30-14-17)24-12-22-25(34-24)20(7-9-29-22)16-4-6-23(18(11-16)13-28)32-10-8-19(27)15-32/h3-7,9,11-12,14,19H,8,10,15H2,1-2H3. The molecule has 0 spiro atoms. The molecule has 0 bridgehead atoms. The number of furan rings is 1. The van der Waals surface area contributed by atoms with Crippen molar-refractivity contribution in [1.29, 1.82) is 5.26 Å². The zero-order chi connectivity index (χ0) is 23.8. The highest BCUT2D eigenvalue weighted by Gasteiger charge is 2.24. The minimum absolute atomic E-state index is 0.125. The van der Waals surface area contributed by atoms with Crippen molar-refractivity contribution in [2.75, 3.05) is 32.1 Å². The van der Waals surface area contributed by atoms with E-state index in [0.29, 0.717) is 53.2 Å². The Morgan fingerprint density at radius 2 is 2.06 bits per heavy atom. The van der Waals surface area contributed by atoms with E-state index in [1.165, 1.54) is 11.1 Å². The first-order valence-corrected chi connectivity index (χ1v) is 10.9. The first-order chi connectivity index (χ1) is 16.4. The van der Waals surface area contributed by atoms with Gasteiger partial charge in [-0.1, -0.05) is 6.07 Å². The summed E-state index contributed by atoms with van der Waals surface area (Å²) in [4.78, 5) is 24.3. The van der Waals surface area contributed by atoms with Gasteiger partial charge in [0, 0.05) is 51.2 Å². The van der Waals surface area contributed by atoms with Crippen molar-refractivity contribution < 1.29 is 13.6 Å². The average Bonchev–Trinajstić information content (AvgIpc) is 3.49. The number of rotatable bonds is 4. The lowest BCUT2D eigenvalue weighted by Crippen LogP contribution is -2.21. The molecule has 34 heavy (non-hydrogen) atoms. The number of hydrogen-bond acceptors (Lipinski definition) is 6. The predicted molar refractivity (Wildman–Crippen MR) is 127 cm³/mol. The third-order valence-electron chi connectivity index (χ3n) is 5.98. The molecule has 1 unspecified atom stereocenters. The third kappa shape index (κ3) is 3.86. The van der Waals surface area contributed by atoms with Crippen LogP contribution < -0.4 is 4.90 Å². The predicted octanol–water partition coefficient (Wildman–Crippen LogP) is 4.68. The number of carbonyl (C=O) groups excluding carboxylic acids is 1. The molecule has 1 saturated heterocycles. The lowest BCUT2D eigenvalue weighted by Gasteiger charge is -2.19. The molecular weight excluding hydrogens is 433 g/mol. The van der Waals surface area contributed by atoms with Crippen LogP contribution in [0.5, 0.6) is 0 Å². The van der Waals surface area contributed by atoms with Crippen molar-refractivity contribution in [3.05, 3.63) is 66.0 Å². The molecule has 170 valence electrons. The van der Waals surface area contributed by atoms with Crippen LogP contribution in [0, 0.1) is 11.3 Å². The molecule has 1 amide bonds. The summed E-state index contributed by atoms with van der Waals surface area (Å²) in [6.07, 6.45) is 2.83. The van der Waals surface area contributed by atoms with Crippen LogP contribution in [-0.4, -0.2) is 54.1 Å². The summed E-state index contributed by atoms with van der Waals surface area (Å²) in [5, 5.41) is 9.74. The van der Waals surface area contributed by atoms with Crippen LogP contribution in [0.15, 0.2) is 59.3 Å². The van der Waals surface area contributed by atoms with Gasteiger partial charge >= 0.3 is 0 Å². The van der Waals surface area contributed by atoms with E-state index in [1.54, 1.807) is 44.6 Å². The summed E-state index contributed by atoms with van der Waals surface area (Å²) in [7, 11) is 3.38. The molecule has 1 aliphatic heterocycles. The van der Waals surface area contributed by atoms with Gasteiger partial charge in [-0.05, 0) is 42.3 Å². The van der Waals surface area contributed by atoms with Gasteiger partial charge in [-0.15, -0.1) is 0 Å². The maximum Gasteiger partial charge on any atom is 0.254 e. The first-order valence-electron chi connectivity index (χ1n) is 10.9. The zero-order valence-corrected chi connectivity index (χ0v) is 18.8. The monoisotopic (exact) mass is 455 g/mol. The molecule has 4 heterocycles. The van der Waals surface area contributed by atoms with Gasteiger partial charge in [0.1, 0.15) is 23.5 Å². The molecule has 1 aliphatic rings. The van der Waals surface area contributed by atoms with Crippen molar-refractivity contribution >= 4 is 22.7 Å². The second-order valence-electron chi connectivity index (χ2n) is 8.49. The lowest BCUT2D eigenvalue weighted by molar-refractivity contribution is 0.0827. The summed E-state index contributed by atoms with van der Waals surface area (Å²) in [6, 6.07) is 14.9. The Morgan fingerprint density at radius 3 is 2.74 bits per heavy atom. The van der Waals surface area contributed by atoms with Gasteiger partial charge in [-0.3, -0.25) is 14.8 Å². The van der Waals surface area contributed by atoms with Crippen LogP contribution in [-0.2, 0) is 0 Å². The molecule has 0 N–H and O–H groups in total. The smallest absolute Gasteiger partial charge is 0.254 e. The number of amides is 1. The van der Waals surface area contributed by atoms with Crippen molar-refractivity contribution in [1.82, 2.24) is 14.9 Å². The largest absolute Gasteiger partial charge is 0.452 e. The number of hydrogen-bond donors (Lipinski definition) is 0. The molecule has 0 radical (unpaired) electrons. The highest BCUT2D eigenvalue weighted by Crippen LogP contribution is 2.35. The summed E-state index contributed by atoms with van der Waals surface area (Å²) in [5.41, 5.74) is 5.15. The fourth-order valence-corrected chi connectivity index (χ4v) is 4.22. The minimum atomic E-state index is -0.865. The normalized spacial score (nSPS) is 15.5. The van der Waals surface area contributed by atoms with E-state index in [1.807, 2.05) is 23.1 Å². The van der Waals surface area contributed by atoms with Crippen LogP contribution in [0.4, 0.5) is 10.1 Å². The van der Waals surface area contributed by atoms with E-state index in [4.69, 9.17) is 4.42 Å². The highest BCUT2D eigenvalue weighted by molar-refractivity contribution is 5.94. The number of anilines is 1. The average molecular weight is 455 g/mol. The molecule has 0 aliphatic carbocycles. The Hall–Kier alpha value is -4.25. The quantitative estimate of drug-likeness (QED) is 0.444. The highest BCUT2D eigenvalue weighted by atomic mass is 19.1. The van der Waals surface area contributed by atoms with E-state index < -0.39 is 6.17 Å². The van der Waals surface area contributed by atoms with Crippen LogP contribution >= 0.6 is 0 Å². The van der Waals surface area contributed by atoms with E-state index in [0.717, 1.165) is 16.8 Å². The van der Waals surface area contributed by atoms with Gasteiger partial charge in [0.15, 0.2) is 11.3 Å². The van der Waals surface area contributed by atoms with Crippen molar-refractivity contribution in [2.45, 2.75) is 12.6 Å². The summed E-state index contributed by atoms with van der Waals surface area (Å²) >= 11 is 0. The Kier molecular flexibility index (Phi) is 5.46. The summed E-state index contributed by atoms with van der Waals surface area (Å²) < 4.78 is 19.8. The topological polar surface area (TPSA) is 86.3 Å². The minimum Gasteiger partial charge on any atom is -0.452 e. The Bertz CT molecular complexity index is 1420. The molecular formula is C26H22FN5O2. The maximum atomic E-state index is 13.7. The van der Waals surface area contributed by atoms with Gasteiger partial charge in [0.05, 0.1) is 16.8 Å². The Balaban J connectivity index is 1.51. The second kappa shape index (κ2) is 8.60. The number of fused-ring (bicyclic) bond motifs is 1. The van der Waals surface area contributed by atoms with Crippen molar-refractivity contribution in [3.8, 4) is 28.7 Å². The fourth-order valence-electron chi connectivity index (χ4n) is 4.22. The van der Waals surface area contributed by atoms with Crippen LogP contribution in [0.3, 0.4) is 0 Å². The third-order valence-corrected chi connectivity index (χ3v) is 5.98. The Morgan fingerprint density at radius 1 is 1.21 bits per heavy atom. The number of pyridine rings is 2. The van der Waals surface area contributed by atoms with Crippen LogP contribution in [0.1, 0.15) is 22.3 Å². The summed E-state index contributed by atoms with van der Waals surface area (Å²) in [6.45, 7) is 0.906. The van der Waals surface area contributed by atoms with Gasteiger partial charge < -0.3 is 14.2 Å².